The lowest BCUT2D eigenvalue weighted by molar-refractivity contribution is 0.215. The van der Waals surface area contributed by atoms with Crippen LogP contribution in [-0.4, -0.2) is 51.5 Å². The van der Waals surface area contributed by atoms with E-state index in [-0.39, 0.29) is 0 Å². The average Bonchev–Trinajstić information content (AvgIpc) is 3.47. The van der Waals surface area contributed by atoms with Crippen molar-refractivity contribution in [2.45, 2.75) is 32.4 Å². The third kappa shape index (κ3) is 5.33. The fourth-order valence-electron chi connectivity index (χ4n) is 4.60. The van der Waals surface area contributed by atoms with Gasteiger partial charge in [-0.15, -0.1) is 0 Å². The number of carbonyl (C=O) groups is 1. The fraction of sp³-hybridized carbons (Fsp3) is 0.320. The van der Waals surface area contributed by atoms with Crippen molar-refractivity contribution in [2.75, 3.05) is 29.9 Å². The number of benzene rings is 1. The Kier molecular flexibility index (Phi) is 7.01. The maximum Gasteiger partial charge on any atom is 0.417 e. The molecule has 4 heterocycles. The molecule has 10 heteroatoms. The Balaban J connectivity index is 1.32. The van der Waals surface area contributed by atoms with Gasteiger partial charge in [0, 0.05) is 31.5 Å². The molecule has 3 N–H and O–H groups in total. The van der Waals surface area contributed by atoms with Crippen LogP contribution in [0, 0.1) is 0 Å². The Bertz CT molecular complexity index is 1300. The van der Waals surface area contributed by atoms with E-state index in [4.69, 9.17) is 4.74 Å². The number of aromatic nitrogens is 4. The third-order valence-electron chi connectivity index (χ3n) is 6.10. The minimum absolute atomic E-state index is 0.377. The van der Waals surface area contributed by atoms with Gasteiger partial charge in [0.05, 0.1) is 40.2 Å². The van der Waals surface area contributed by atoms with Crippen molar-refractivity contribution < 1.29 is 9.53 Å². The van der Waals surface area contributed by atoms with E-state index in [1.54, 1.807) is 23.3 Å². The SMILES string of the molecule is CCN[C@@H]1CCCN(c2c(Br)cnc3[nH]cc(NC(=O)Oc4cnn(Cc5ccccc5)c4)c23)C1. The van der Waals surface area contributed by atoms with Crippen LogP contribution in [-0.2, 0) is 6.54 Å². The summed E-state index contributed by atoms with van der Waals surface area (Å²) < 4.78 is 8.14. The van der Waals surface area contributed by atoms with E-state index in [0.717, 1.165) is 53.6 Å². The van der Waals surface area contributed by atoms with Gasteiger partial charge < -0.3 is 19.9 Å². The Labute approximate surface area is 212 Å². The van der Waals surface area contributed by atoms with Gasteiger partial charge in [-0.05, 0) is 40.9 Å². The molecule has 5 rings (SSSR count). The van der Waals surface area contributed by atoms with Crippen LogP contribution in [0.5, 0.6) is 5.75 Å². The molecule has 0 saturated carbocycles. The molecule has 182 valence electrons. The molecule has 3 aromatic heterocycles. The Morgan fingerprint density at radius 2 is 2.14 bits per heavy atom. The highest BCUT2D eigenvalue weighted by Gasteiger charge is 2.25. The summed E-state index contributed by atoms with van der Waals surface area (Å²) in [5.41, 5.74) is 3.46. The van der Waals surface area contributed by atoms with Gasteiger partial charge in [-0.2, -0.15) is 5.10 Å². The number of halogens is 1. The number of amides is 1. The van der Waals surface area contributed by atoms with E-state index < -0.39 is 6.09 Å². The lowest BCUT2D eigenvalue weighted by Gasteiger charge is -2.35. The van der Waals surface area contributed by atoms with Crippen molar-refractivity contribution >= 4 is 44.4 Å². The molecule has 1 aliphatic rings. The number of nitrogens with zero attached hydrogens (tertiary/aromatic N) is 4. The van der Waals surface area contributed by atoms with Crippen molar-refractivity contribution in [3.63, 3.8) is 0 Å². The smallest absolute Gasteiger partial charge is 0.407 e. The molecule has 1 atom stereocenters. The quantitative estimate of drug-likeness (QED) is 0.314. The average molecular weight is 538 g/mol. The summed E-state index contributed by atoms with van der Waals surface area (Å²) in [6.45, 7) is 5.50. The zero-order valence-electron chi connectivity index (χ0n) is 19.5. The molecule has 1 aliphatic heterocycles. The summed E-state index contributed by atoms with van der Waals surface area (Å²) in [5.74, 6) is 0.377. The van der Waals surface area contributed by atoms with Crippen LogP contribution in [0.25, 0.3) is 11.0 Å². The molecule has 35 heavy (non-hydrogen) atoms. The van der Waals surface area contributed by atoms with Crippen molar-refractivity contribution in [1.82, 2.24) is 25.1 Å². The lowest BCUT2D eigenvalue weighted by Crippen LogP contribution is -2.45. The molecule has 9 nitrogen and oxygen atoms in total. The Hall–Kier alpha value is -3.37. The van der Waals surface area contributed by atoms with Crippen LogP contribution in [0.3, 0.4) is 0 Å². The lowest BCUT2D eigenvalue weighted by atomic mass is 10.0. The largest absolute Gasteiger partial charge is 0.417 e. The second kappa shape index (κ2) is 10.5. The number of rotatable bonds is 7. The van der Waals surface area contributed by atoms with Gasteiger partial charge in [-0.25, -0.2) is 9.78 Å². The second-order valence-corrected chi connectivity index (χ2v) is 9.45. The normalized spacial score (nSPS) is 15.9. The maximum absolute atomic E-state index is 12.8. The van der Waals surface area contributed by atoms with Crippen molar-refractivity contribution in [3.8, 4) is 5.75 Å². The van der Waals surface area contributed by atoms with Crippen LogP contribution < -0.4 is 20.3 Å². The standard InChI is InChI=1S/C25H28BrN7O2/c1-2-27-18-9-6-10-32(15-18)23-20(26)12-28-24-22(23)21(13-29-24)31-25(34)35-19-11-30-33(16-19)14-17-7-4-3-5-8-17/h3-5,7-8,11-13,16,18,27H,2,6,9-10,14-15H2,1H3,(H,28,29)(H,31,34)/t18-/m1/s1. The molecule has 1 fully saturated rings. The molecule has 0 spiro atoms. The molecule has 0 unspecified atom stereocenters. The number of nitrogens with one attached hydrogen (secondary N) is 3. The summed E-state index contributed by atoms with van der Waals surface area (Å²) in [5, 5.41) is 11.6. The number of ether oxygens (including phenoxy) is 1. The van der Waals surface area contributed by atoms with Crippen molar-refractivity contribution in [3.05, 3.63) is 65.2 Å². The summed E-state index contributed by atoms with van der Waals surface area (Å²) in [7, 11) is 0. The van der Waals surface area contributed by atoms with Gasteiger partial charge in [0.15, 0.2) is 5.75 Å². The molecule has 4 aromatic rings. The molecule has 0 bridgehead atoms. The summed E-state index contributed by atoms with van der Waals surface area (Å²) in [6.07, 6.45) is 8.46. The number of aromatic amines is 1. The van der Waals surface area contributed by atoms with Gasteiger partial charge in [0.2, 0.25) is 0 Å². The fourth-order valence-corrected chi connectivity index (χ4v) is 5.15. The zero-order chi connectivity index (χ0) is 24.2. The number of fused-ring (bicyclic) bond motifs is 1. The number of H-pyrrole nitrogens is 1. The molecular formula is C25H28BrN7O2. The second-order valence-electron chi connectivity index (χ2n) is 8.60. The van der Waals surface area contributed by atoms with Crippen molar-refractivity contribution in [2.24, 2.45) is 0 Å². The first-order valence-corrected chi connectivity index (χ1v) is 12.6. The molecule has 1 saturated heterocycles. The maximum atomic E-state index is 12.8. The van der Waals surface area contributed by atoms with Crippen LogP contribution >= 0.6 is 15.9 Å². The zero-order valence-corrected chi connectivity index (χ0v) is 21.1. The summed E-state index contributed by atoms with van der Waals surface area (Å²) >= 11 is 3.69. The van der Waals surface area contributed by atoms with Gasteiger partial charge >= 0.3 is 6.09 Å². The van der Waals surface area contributed by atoms with Crippen LogP contribution in [0.15, 0.2) is 59.6 Å². The Morgan fingerprint density at radius 3 is 2.97 bits per heavy atom. The molecule has 0 radical (unpaired) electrons. The van der Waals surface area contributed by atoms with Gasteiger partial charge in [-0.3, -0.25) is 10.00 Å². The van der Waals surface area contributed by atoms with Crippen LogP contribution in [0.1, 0.15) is 25.3 Å². The first-order chi connectivity index (χ1) is 17.1. The van der Waals surface area contributed by atoms with Gasteiger partial charge in [0.1, 0.15) is 5.65 Å². The van der Waals surface area contributed by atoms with E-state index >= 15 is 0 Å². The highest BCUT2D eigenvalue weighted by Crippen LogP contribution is 2.39. The predicted octanol–water partition coefficient (Wildman–Crippen LogP) is 4.76. The number of carbonyl (C=O) groups excluding carboxylic acids is 1. The molecule has 1 amide bonds. The number of piperidine rings is 1. The number of pyridine rings is 1. The van der Waals surface area contributed by atoms with E-state index in [9.17, 15) is 4.79 Å². The highest BCUT2D eigenvalue weighted by atomic mass is 79.9. The molecular weight excluding hydrogens is 510 g/mol. The minimum Gasteiger partial charge on any atom is -0.407 e. The highest BCUT2D eigenvalue weighted by molar-refractivity contribution is 9.10. The first-order valence-electron chi connectivity index (χ1n) is 11.8. The number of likely N-dealkylation sites (N-methyl/N-ethyl adjacent to an activating group) is 1. The van der Waals surface area contributed by atoms with E-state index in [0.29, 0.717) is 29.7 Å². The third-order valence-corrected chi connectivity index (χ3v) is 6.68. The van der Waals surface area contributed by atoms with E-state index in [1.165, 1.54) is 6.20 Å². The van der Waals surface area contributed by atoms with Crippen molar-refractivity contribution in [1.29, 1.82) is 0 Å². The monoisotopic (exact) mass is 537 g/mol. The summed E-state index contributed by atoms with van der Waals surface area (Å²) in [6, 6.07) is 10.4. The number of hydrogen-bond acceptors (Lipinski definition) is 6. The van der Waals surface area contributed by atoms with Crippen LogP contribution in [0.2, 0.25) is 0 Å². The molecule has 1 aromatic carbocycles. The van der Waals surface area contributed by atoms with E-state index in [1.807, 2.05) is 30.3 Å². The number of anilines is 2. The van der Waals surface area contributed by atoms with Gasteiger partial charge in [0.25, 0.3) is 0 Å². The number of hydrogen-bond donors (Lipinski definition) is 3. The minimum atomic E-state index is -0.583. The van der Waals surface area contributed by atoms with E-state index in [2.05, 4.69) is 53.5 Å². The molecule has 0 aliphatic carbocycles. The first kappa shape index (κ1) is 23.4. The predicted molar refractivity (Wildman–Crippen MR) is 140 cm³/mol. The Morgan fingerprint density at radius 1 is 1.29 bits per heavy atom. The summed E-state index contributed by atoms with van der Waals surface area (Å²) in [4.78, 5) is 22.8. The van der Waals surface area contributed by atoms with Crippen LogP contribution in [0.4, 0.5) is 16.2 Å². The van der Waals surface area contributed by atoms with Gasteiger partial charge in [-0.1, -0.05) is 37.3 Å². The topological polar surface area (TPSA) is 100 Å².